The van der Waals surface area contributed by atoms with Crippen LogP contribution in [0.4, 0.5) is 14.5 Å². The van der Waals surface area contributed by atoms with Crippen LogP contribution < -0.4 is 10.6 Å². The van der Waals surface area contributed by atoms with Crippen molar-refractivity contribution < 1.29 is 18.4 Å². The molecule has 1 aliphatic heterocycles. The molecule has 26 heavy (non-hydrogen) atoms. The van der Waals surface area contributed by atoms with E-state index in [-0.39, 0.29) is 35.0 Å². The zero-order valence-electron chi connectivity index (χ0n) is 14.0. The Hall–Kier alpha value is -2.31. The van der Waals surface area contributed by atoms with Crippen molar-refractivity contribution in [3.05, 3.63) is 52.8 Å². The topological polar surface area (TPSA) is 58.2 Å². The maximum Gasteiger partial charge on any atom is 0.241 e. The fraction of sp³-hybridized carbons (Fsp3) is 0.263. The van der Waals surface area contributed by atoms with Crippen molar-refractivity contribution in [2.75, 3.05) is 11.9 Å². The number of hydrogen-bond donors (Lipinski definition) is 2. The van der Waals surface area contributed by atoms with Crippen molar-refractivity contribution in [3.63, 3.8) is 0 Å². The van der Waals surface area contributed by atoms with Crippen LogP contribution in [0, 0.1) is 5.82 Å². The summed E-state index contributed by atoms with van der Waals surface area (Å²) in [6.07, 6.45) is -1.03. The third-order valence-corrected chi connectivity index (χ3v) is 4.64. The van der Waals surface area contributed by atoms with Crippen molar-refractivity contribution in [3.8, 4) is 11.1 Å². The number of amides is 1. The van der Waals surface area contributed by atoms with Gasteiger partial charge in [-0.15, -0.1) is 0 Å². The average molecular weight is 379 g/mol. The molecule has 2 aromatic carbocycles. The number of Topliss-reactive ketones (excluding diaryl/α,β-unsaturated/α-hetero) is 1. The maximum atomic E-state index is 14.9. The molecular formula is C19H17ClF2N2O2. The van der Waals surface area contributed by atoms with Crippen LogP contribution in [0.2, 0.25) is 5.02 Å². The van der Waals surface area contributed by atoms with Gasteiger partial charge in [-0.25, -0.2) is 8.78 Å². The highest BCUT2D eigenvalue weighted by Crippen LogP contribution is 2.33. The normalized spacial score (nSPS) is 19.4. The van der Waals surface area contributed by atoms with E-state index in [1.165, 1.54) is 31.2 Å². The second kappa shape index (κ2) is 7.51. The summed E-state index contributed by atoms with van der Waals surface area (Å²) in [7, 11) is 0. The Labute approximate surface area is 154 Å². The van der Waals surface area contributed by atoms with Crippen LogP contribution >= 0.6 is 11.6 Å². The Morgan fingerprint density at radius 1 is 1.23 bits per heavy atom. The fourth-order valence-electron chi connectivity index (χ4n) is 2.90. The number of ketones is 1. The largest absolute Gasteiger partial charge is 0.322 e. The standard InChI is InChI=1S/C19H17ClF2N2O2/c1-10(25)11-5-6-15(20)14(7-11)13-3-2-4-16(18(13)22)24-19(26)17-8-12(21)9-23-17/h2-7,12,17,23H,8-9H2,1H3,(H,24,26)/t12-,17+/m1/s1. The minimum atomic E-state index is -1.09. The summed E-state index contributed by atoms with van der Waals surface area (Å²) in [5, 5.41) is 5.53. The highest BCUT2D eigenvalue weighted by atomic mass is 35.5. The number of rotatable bonds is 4. The second-order valence-corrected chi connectivity index (χ2v) is 6.61. The van der Waals surface area contributed by atoms with Gasteiger partial charge in [0.2, 0.25) is 5.91 Å². The van der Waals surface area contributed by atoms with Gasteiger partial charge < -0.3 is 10.6 Å². The highest BCUT2D eigenvalue weighted by molar-refractivity contribution is 6.33. The molecule has 7 heteroatoms. The first-order valence-corrected chi connectivity index (χ1v) is 8.52. The van der Waals surface area contributed by atoms with Gasteiger partial charge in [0.1, 0.15) is 6.17 Å². The van der Waals surface area contributed by atoms with Crippen LogP contribution in [0.3, 0.4) is 0 Å². The van der Waals surface area contributed by atoms with Crippen molar-refractivity contribution >= 4 is 29.0 Å². The van der Waals surface area contributed by atoms with Gasteiger partial charge in [0.25, 0.3) is 0 Å². The van der Waals surface area contributed by atoms with Crippen molar-refractivity contribution in [2.24, 2.45) is 0 Å². The Bertz CT molecular complexity index is 873. The van der Waals surface area contributed by atoms with Crippen LogP contribution in [-0.2, 0) is 4.79 Å². The van der Waals surface area contributed by atoms with Gasteiger partial charge >= 0.3 is 0 Å². The van der Waals surface area contributed by atoms with E-state index in [2.05, 4.69) is 10.6 Å². The zero-order chi connectivity index (χ0) is 18.8. The zero-order valence-corrected chi connectivity index (χ0v) is 14.7. The van der Waals surface area contributed by atoms with Crippen molar-refractivity contribution in [2.45, 2.75) is 25.6 Å². The predicted molar refractivity (Wildman–Crippen MR) is 96.8 cm³/mol. The third-order valence-electron chi connectivity index (χ3n) is 4.31. The number of halogens is 3. The van der Waals surface area contributed by atoms with Gasteiger partial charge in [-0.2, -0.15) is 0 Å². The molecule has 136 valence electrons. The fourth-order valence-corrected chi connectivity index (χ4v) is 3.12. The summed E-state index contributed by atoms with van der Waals surface area (Å²) in [5.41, 5.74) is 0.901. The molecule has 4 nitrogen and oxygen atoms in total. The van der Waals surface area contributed by atoms with E-state index < -0.39 is 23.9 Å². The number of carbonyl (C=O) groups is 2. The molecule has 1 aliphatic rings. The van der Waals surface area contributed by atoms with Gasteiger partial charge in [-0.05, 0) is 31.2 Å². The molecule has 0 bridgehead atoms. The molecule has 2 atom stereocenters. The molecule has 2 aromatic rings. The first-order valence-electron chi connectivity index (χ1n) is 8.14. The van der Waals surface area contributed by atoms with E-state index in [4.69, 9.17) is 11.6 Å². The van der Waals surface area contributed by atoms with Gasteiger partial charge in [0.05, 0.1) is 11.7 Å². The Morgan fingerprint density at radius 3 is 2.65 bits per heavy atom. The summed E-state index contributed by atoms with van der Waals surface area (Å²) < 4.78 is 28.2. The van der Waals surface area contributed by atoms with Crippen molar-refractivity contribution in [1.82, 2.24) is 5.32 Å². The lowest BCUT2D eigenvalue weighted by Crippen LogP contribution is -2.35. The molecule has 0 aliphatic carbocycles. The van der Waals surface area contributed by atoms with Crippen LogP contribution in [-0.4, -0.2) is 30.4 Å². The number of anilines is 1. The molecule has 1 heterocycles. The number of benzene rings is 2. The van der Waals surface area contributed by atoms with E-state index >= 15 is 0 Å². The second-order valence-electron chi connectivity index (χ2n) is 6.20. The predicted octanol–water partition coefficient (Wildman–Crippen LogP) is 3.99. The smallest absolute Gasteiger partial charge is 0.241 e. The molecule has 0 spiro atoms. The minimum Gasteiger partial charge on any atom is -0.322 e. The van der Waals surface area contributed by atoms with E-state index in [0.29, 0.717) is 11.1 Å². The average Bonchev–Trinajstić information content (AvgIpc) is 3.04. The first-order chi connectivity index (χ1) is 12.4. The molecular weight excluding hydrogens is 362 g/mol. The number of alkyl halides is 1. The summed E-state index contributed by atoms with van der Waals surface area (Å²) in [6, 6.07) is 8.42. The third kappa shape index (κ3) is 3.76. The number of hydrogen-bond acceptors (Lipinski definition) is 3. The Balaban J connectivity index is 1.92. The molecule has 0 radical (unpaired) electrons. The lowest BCUT2D eigenvalue weighted by atomic mass is 10.0. The van der Waals surface area contributed by atoms with Gasteiger partial charge in [-0.1, -0.05) is 23.7 Å². The molecule has 1 saturated heterocycles. The van der Waals surface area contributed by atoms with Gasteiger partial charge in [-0.3, -0.25) is 9.59 Å². The lowest BCUT2D eigenvalue weighted by Gasteiger charge is -2.14. The monoisotopic (exact) mass is 378 g/mol. The molecule has 0 aromatic heterocycles. The van der Waals surface area contributed by atoms with Gasteiger partial charge in [0.15, 0.2) is 11.6 Å². The molecule has 3 rings (SSSR count). The molecule has 1 amide bonds. The first kappa shape index (κ1) is 18.5. The van der Waals surface area contributed by atoms with E-state index in [9.17, 15) is 18.4 Å². The number of carbonyl (C=O) groups excluding carboxylic acids is 2. The molecule has 2 N–H and O–H groups in total. The van der Waals surface area contributed by atoms with E-state index in [1.807, 2.05) is 0 Å². The summed E-state index contributed by atoms with van der Waals surface area (Å²) in [5.74, 6) is -1.33. The van der Waals surface area contributed by atoms with Crippen LogP contribution in [0.5, 0.6) is 0 Å². The molecule has 1 fully saturated rings. The maximum absolute atomic E-state index is 14.9. The van der Waals surface area contributed by atoms with Crippen LogP contribution in [0.25, 0.3) is 11.1 Å². The van der Waals surface area contributed by atoms with Crippen LogP contribution in [0.15, 0.2) is 36.4 Å². The Morgan fingerprint density at radius 2 is 2.00 bits per heavy atom. The van der Waals surface area contributed by atoms with Crippen molar-refractivity contribution in [1.29, 1.82) is 0 Å². The van der Waals surface area contributed by atoms with E-state index in [0.717, 1.165) is 0 Å². The van der Waals surface area contributed by atoms with Gasteiger partial charge in [0, 0.05) is 34.7 Å². The molecule has 0 saturated carbocycles. The molecule has 0 unspecified atom stereocenters. The summed E-state index contributed by atoms with van der Waals surface area (Å²) in [6.45, 7) is 1.51. The SMILES string of the molecule is CC(=O)c1ccc(Cl)c(-c2cccc(NC(=O)[C@@H]3C[C@@H](F)CN3)c2F)c1. The summed E-state index contributed by atoms with van der Waals surface area (Å²) in [4.78, 5) is 23.8. The lowest BCUT2D eigenvalue weighted by molar-refractivity contribution is -0.117. The number of nitrogens with one attached hydrogen (secondary N) is 2. The quantitative estimate of drug-likeness (QED) is 0.791. The van der Waals surface area contributed by atoms with Crippen LogP contribution in [0.1, 0.15) is 23.7 Å². The Kier molecular flexibility index (Phi) is 5.34. The highest BCUT2D eigenvalue weighted by Gasteiger charge is 2.29. The summed E-state index contributed by atoms with van der Waals surface area (Å²) >= 11 is 6.17. The van der Waals surface area contributed by atoms with E-state index in [1.54, 1.807) is 12.1 Å². The minimum absolute atomic E-state index is 0.0269.